The van der Waals surface area contributed by atoms with Crippen molar-refractivity contribution in [3.05, 3.63) is 0 Å². The summed E-state index contributed by atoms with van der Waals surface area (Å²) in [4.78, 5) is 13.5. The highest BCUT2D eigenvalue weighted by molar-refractivity contribution is 5.75. The lowest BCUT2D eigenvalue weighted by atomic mass is 10.1. The maximum Gasteiger partial charge on any atom is 0.219 e. The van der Waals surface area contributed by atoms with E-state index in [0.29, 0.717) is 6.42 Å². The van der Waals surface area contributed by atoms with E-state index in [0.717, 1.165) is 25.4 Å². The maximum atomic E-state index is 11.0. The van der Waals surface area contributed by atoms with Gasteiger partial charge in [-0.15, -0.1) is 0 Å². The standard InChI is InChI=1S/C12H25N3O/c1-3-15-8-6-11(10-15)9-14-7-4-5-12(16)13-2/h11,14H,3-10H2,1-2H3,(H,13,16). The Hall–Kier alpha value is -0.610. The first kappa shape index (κ1) is 13.5. The highest BCUT2D eigenvalue weighted by atomic mass is 16.1. The molecule has 1 heterocycles. The van der Waals surface area contributed by atoms with Crippen molar-refractivity contribution in [2.75, 3.05) is 39.8 Å². The van der Waals surface area contributed by atoms with Crippen LogP contribution in [0, 0.1) is 5.92 Å². The monoisotopic (exact) mass is 227 g/mol. The second kappa shape index (κ2) is 7.63. The third kappa shape index (κ3) is 4.94. The fourth-order valence-electron chi connectivity index (χ4n) is 2.17. The molecule has 0 radical (unpaired) electrons. The minimum Gasteiger partial charge on any atom is -0.359 e. The molecule has 1 amide bonds. The third-order valence-electron chi connectivity index (χ3n) is 3.29. The molecule has 1 fully saturated rings. The van der Waals surface area contributed by atoms with Crippen molar-refractivity contribution in [1.29, 1.82) is 0 Å². The highest BCUT2D eigenvalue weighted by Crippen LogP contribution is 2.14. The van der Waals surface area contributed by atoms with Crippen molar-refractivity contribution in [2.24, 2.45) is 5.92 Å². The van der Waals surface area contributed by atoms with Crippen molar-refractivity contribution in [2.45, 2.75) is 26.2 Å². The van der Waals surface area contributed by atoms with Crippen LogP contribution < -0.4 is 10.6 Å². The number of nitrogens with one attached hydrogen (secondary N) is 2. The van der Waals surface area contributed by atoms with Gasteiger partial charge in [0.15, 0.2) is 0 Å². The summed E-state index contributed by atoms with van der Waals surface area (Å²) in [5, 5.41) is 6.08. The molecule has 0 aromatic rings. The van der Waals surface area contributed by atoms with E-state index in [1.165, 1.54) is 26.1 Å². The summed E-state index contributed by atoms with van der Waals surface area (Å²) < 4.78 is 0. The second-order valence-corrected chi connectivity index (χ2v) is 4.53. The van der Waals surface area contributed by atoms with Gasteiger partial charge in [-0.1, -0.05) is 6.92 Å². The summed E-state index contributed by atoms with van der Waals surface area (Å²) in [6, 6.07) is 0. The normalized spacial score (nSPS) is 21.2. The van der Waals surface area contributed by atoms with E-state index in [1.54, 1.807) is 7.05 Å². The lowest BCUT2D eigenvalue weighted by molar-refractivity contribution is -0.120. The summed E-state index contributed by atoms with van der Waals surface area (Å²) in [5.74, 6) is 0.944. The molecule has 0 saturated carbocycles. The molecule has 0 aromatic heterocycles. The highest BCUT2D eigenvalue weighted by Gasteiger charge is 2.20. The van der Waals surface area contributed by atoms with Gasteiger partial charge in [-0.25, -0.2) is 0 Å². The Bertz CT molecular complexity index is 208. The van der Waals surface area contributed by atoms with Gasteiger partial charge in [0.25, 0.3) is 0 Å². The summed E-state index contributed by atoms with van der Waals surface area (Å²) in [7, 11) is 1.69. The number of rotatable bonds is 7. The Morgan fingerprint density at radius 1 is 1.50 bits per heavy atom. The van der Waals surface area contributed by atoms with E-state index in [4.69, 9.17) is 0 Å². The SMILES string of the molecule is CCN1CCC(CNCCCC(=O)NC)C1. The van der Waals surface area contributed by atoms with E-state index in [1.807, 2.05) is 0 Å². The van der Waals surface area contributed by atoms with E-state index >= 15 is 0 Å². The number of likely N-dealkylation sites (tertiary alicyclic amines) is 1. The molecule has 0 spiro atoms. The van der Waals surface area contributed by atoms with Gasteiger partial charge in [0, 0.05) is 20.0 Å². The first-order chi connectivity index (χ1) is 7.76. The lowest BCUT2D eigenvalue weighted by Gasteiger charge is -2.13. The zero-order chi connectivity index (χ0) is 11.8. The predicted molar refractivity (Wildman–Crippen MR) is 66.4 cm³/mol. The lowest BCUT2D eigenvalue weighted by Crippen LogP contribution is -2.27. The molecule has 1 unspecified atom stereocenters. The molecular weight excluding hydrogens is 202 g/mol. The third-order valence-corrected chi connectivity index (χ3v) is 3.29. The summed E-state index contributed by atoms with van der Waals surface area (Å²) in [6.45, 7) is 7.94. The maximum absolute atomic E-state index is 11.0. The number of carbonyl (C=O) groups is 1. The van der Waals surface area contributed by atoms with Crippen LogP contribution in [0.3, 0.4) is 0 Å². The first-order valence-corrected chi connectivity index (χ1v) is 6.40. The van der Waals surface area contributed by atoms with Crippen LogP contribution in [0.25, 0.3) is 0 Å². The zero-order valence-electron chi connectivity index (χ0n) is 10.6. The number of hydrogen-bond acceptors (Lipinski definition) is 3. The van der Waals surface area contributed by atoms with Crippen molar-refractivity contribution >= 4 is 5.91 Å². The summed E-state index contributed by atoms with van der Waals surface area (Å²) in [6.07, 6.45) is 2.88. The van der Waals surface area contributed by atoms with Crippen LogP contribution in [0.15, 0.2) is 0 Å². The fourth-order valence-corrected chi connectivity index (χ4v) is 2.17. The average molecular weight is 227 g/mol. The van der Waals surface area contributed by atoms with Crippen molar-refractivity contribution < 1.29 is 4.79 Å². The van der Waals surface area contributed by atoms with Crippen LogP contribution in [0.4, 0.5) is 0 Å². The number of amides is 1. The topological polar surface area (TPSA) is 44.4 Å². The van der Waals surface area contributed by atoms with Gasteiger partial charge in [0.05, 0.1) is 0 Å². The Morgan fingerprint density at radius 2 is 2.31 bits per heavy atom. The van der Waals surface area contributed by atoms with Crippen LogP contribution in [0.5, 0.6) is 0 Å². The number of carbonyl (C=O) groups excluding carboxylic acids is 1. The summed E-state index contributed by atoms with van der Waals surface area (Å²) in [5.41, 5.74) is 0. The molecule has 2 N–H and O–H groups in total. The number of hydrogen-bond donors (Lipinski definition) is 2. The molecule has 1 rings (SSSR count). The molecule has 0 aromatic carbocycles. The van der Waals surface area contributed by atoms with Crippen LogP contribution >= 0.6 is 0 Å². The molecule has 1 aliphatic heterocycles. The molecule has 16 heavy (non-hydrogen) atoms. The first-order valence-electron chi connectivity index (χ1n) is 6.40. The molecule has 1 aliphatic rings. The molecule has 4 heteroatoms. The van der Waals surface area contributed by atoms with Crippen molar-refractivity contribution in [1.82, 2.24) is 15.5 Å². The largest absolute Gasteiger partial charge is 0.359 e. The molecule has 4 nitrogen and oxygen atoms in total. The minimum absolute atomic E-state index is 0.139. The van der Waals surface area contributed by atoms with Crippen molar-refractivity contribution in [3.8, 4) is 0 Å². The van der Waals surface area contributed by atoms with E-state index in [9.17, 15) is 4.79 Å². The predicted octanol–water partition coefficient (Wildman–Crippen LogP) is 0.444. The van der Waals surface area contributed by atoms with Gasteiger partial charge < -0.3 is 15.5 Å². The van der Waals surface area contributed by atoms with Gasteiger partial charge in [-0.3, -0.25) is 4.79 Å². The van der Waals surface area contributed by atoms with Crippen molar-refractivity contribution in [3.63, 3.8) is 0 Å². The van der Waals surface area contributed by atoms with Crippen LogP contribution in [0.1, 0.15) is 26.2 Å². The molecule has 94 valence electrons. The Morgan fingerprint density at radius 3 is 2.94 bits per heavy atom. The van der Waals surface area contributed by atoms with Gasteiger partial charge in [-0.05, 0) is 44.9 Å². The summed E-state index contributed by atoms with van der Waals surface area (Å²) >= 11 is 0. The van der Waals surface area contributed by atoms with E-state index < -0.39 is 0 Å². The Balaban J connectivity index is 1.94. The fraction of sp³-hybridized carbons (Fsp3) is 0.917. The Kier molecular flexibility index (Phi) is 6.42. The second-order valence-electron chi connectivity index (χ2n) is 4.53. The van der Waals surface area contributed by atoms with Gasteiger partial charge >= 0.3 is 0 Å². The molecular formula is C12H25N3O. The van der Waals surface area contributed by atoms with Gasteiger partial charge in [0.1, 0.15) is 0 Å². The van der Waals surface area contributed by atoms with Crippen LogP contribution in [-0.4, -0.2) is 50.6 Å². The van der Waals surface area contributed by atoms with Gasteiger partial charge in [-0.2, -0.15) is 0 Å². The molecule has 1 saturated heterocycles. The average Bonchev–Trinajstić information content (AvgIpc) is 2.76. The minimum atomic E-state index is 0.139. The smallest absolute Gasteiger partial charge is 0.219 e. The van der Waals surface area contributed by atoms with E-state index in [2.05, 4.69) is 22.5 Å². The Labute approximate surface area is 98.8 Å². The van der Waals surface area contributed by atoms with Crippen LogP contribution in [-0.2, 0) is 4.79 Å². The molecule has 0 bridgehead atoms. The zero-order valence-corrected chi connectivity index (χ0v) is 10.6. The molecule has 0 aliphatic carbocycles. The molecule has 1 atom stereocenters. The van der Waals surface area contributed by atoms with Gasteiger partial charge in [0.2, 0.25) is 5.91 Å². The van der Waals surface area contributed by atoms with Crippen LogP contribution in [0.2, 0.25) is 0 Å². The number of nitrogens with zero attached hydrogens (tertiary/aromatic N) is 1. The quantitative estimate of drug-likeness (QED) is 0.621. The van der Waals surface area contributed by atoms with E-state index in [-0.39, 0.29) is 5.91 Å².